The van der Waals surface area contributed by atoms with Crippen molar-refractivity contribution in [3.63, 3.8) is 0 Å². The van der Waals surface area contributed by atoms with Crippen LogP contribution < -0.4 is 5.32 Å². The van der Waals surface area contributed by atoms with Crippen LogP contribution >= 0.6 is 0 Å². The van der Waals surface area contributed by atoms with E-state index in [1.807, 2.05) is 13.8 Å². The molecule has 2 amide bonds. The quantitative estimate of drug-likeness (QED) is 0.698. The van der Waals surface area contributed by atoms with Crippen LogP contribution in [0.15, 0.2) is 24.3 Å². The number of carbonyl (C=O) groups is 3. The fraction of sp³-hybridized carbons (Fsp3) is 0.526. The van der Waals surface area contributed by atoms with E-state index >= 15 is 0 Å². The maximum Gasteiger partial charge on any atom is 0.305 e. The normalized spacial score (nSPS) is 13.2. The first kappa shape index (κ1) is 21.6. The Balaban J connectivity index is 2.79. The van der Waals surface area contributed by atoms with Gasteiger partial charge in [-0.2, -0.15) is 0 Å². The van der Waals surface area contributed by atoms with Crippen molar-refractivity contribution in [1.29, 1.82) is 0 Å². The van der Waals surface area contributed by atoms with Gasteiger partial charge in [-0.15, -0.1) is 0 Å². The SMILES string of the molecule is COCC(C)(CC(=O)O)NC(=O)c1ccc(CN(C)C(=O)C(C)C)cc1. The molecule has 0 saturated carbocycles. The Labute approximate surface area is 154 Å². The van der Waals surface area contributed by atoms with Crippen LogP contribution in [-0.4, -0.2) is 54.1 Å². The molecule has 7 nitrogen and oxygen atoms in total. The molecule has 0 radical (unpaired) electrons. The van der Waals surface area contributed by atoms with E-state index in [-0.39, 0.29) is 30.8 Å². The molecule has 144 valence electrons. The number of ether oxygens (including phenoxy) is 1. The highest BCUT2D eigenvalue weighted by molar-refractivity contribution is 5.95. The van der Waals surface area contributed by atoms with Gasteiger partial charge in [-0.05, 0) is 24.6 Å². The van der Waals surface area contributed by atoms with Crippen molar-refractivity contribution in [1.82, 2.24) is 10.2 Å². The van der Waals surface area contributed by atoms with E-state index in [0.717, 1.165) is 5.56 Å². The molecule has 26 heavy (non-hydrogen) atoms. The van der Waals surface area contributed by atoms with E-state index in [1.54, 1.807) is 43.1 Å². The third kappa shape index (κ3) is 6.48. The summed E-state index contributed by atoms with van der Waals surface area (Å²) in [4.78, 5) is 37.0. The minimum atomic E-state index is -1.02. The number of rotatable bonds is 9. The first-order chi connectivity index (χ1) is 12.1. The number of amides is 2. The van der Waals surface area contributed by atoms with Crippen molar-refractivity contribution in [3.8, 4) is 0 Å². The summed E-state index contributed by atoms with van der Waals surface area (Å²) in [6, 6.07) is 6.88. The Kier molecular flexibility index (Phi) is 7.76. The molecular weight excluding hydrogens is 336 g/mol. The molecule has 1 aromatic carbocycles. The maximum atomic E-state index is 12.4. The summed E-state index contributed by atoms with van der Waals surface area (Å²) < 4.78 is 5.03. The second-order valence-corrected chi connectivity index (χ2v) is 7.06. The minimum Gasteiger partial charge on any atom is -0.481 e. The number of methoxy groups -OCH3 is 1. The van der Waals surface area contributed by atoms with E-state index in [0.29, 0.717) is 12.1 Å². The molecule has 0 fully saturated rings. The van der Waals surface area contributed by atoms with Crippen LogP contribution in [0.2, 0.25) is 0 Å². The molecule has 1 aromatic rings. The molecule has 2 N–H and O–H groups in total. The number of carbonyl (C=O) groups excluding carboxylic acids is 2. The second kappa shape index (κ2) is 9.33. The van der Waals surface area contributed by atoms with Crippen LogP contribution in [0.4, 0.5) is 0 Å². The van der Waals surface area contributed by atoms with E-state index < -0.39 is 11.5 Å². The third-order valence-corrected chi connectivity index (χ3v) is 3.93. The minimum absolute atomic E-state index is 0.0517. The molecule has 0 bridgehead atoms. The van der Waals surface area contributed by atoms with E-state index in [2.05, 4.69) is 5.32 Å². The van der Waals surface area contributed by atoms with Gasteiger partial charge in [-0.25, -0.2) is 0 Å². The third-order valence-electron chi connectivity index (χ3n) is 3.93. The van der Waals surface area contributed by atoms with Crippen molar-refractivity contribution in [3.05, 3.63) is 35.4 Å². The maximum absolute atomic E-state index is 12.4. The predicted octanol–water partition coefficient (Wildman–Crippen LogP) is 1.91. The lowest BCUT2D eigenvalue weighted by atomic mass is 9.98. The highest BCUT2D eigenvalue weighted by Crippen LogP contribution is 2.14. The Bertz CT molecular complexity index is 642. The summed E-state index contributed by atoms with van der Waals surface area (Å²) in [6.07, 6.45) is -0.243. The zero-order chi connectivity index (χ0) is 19.9. The van der Waals surface area contributed by atoms with E-state index in [9.17, 15) is 14.4 Å². The summed E-state index contributed by atoms with van der Waals surface area (Å²) in [5.41, 5.74) is 0.322. The van der Waals surface area contributed by atoms with Crippen LogP contribution in [0, 0.1) is 5.92 Å². The molecule has 0 aliphatic rings. The van der Waals surface area contributed by atoms with Crippen LogP contribution in [0.25, 0.3) is 0 Å². The van der Waals surface area contributed by atoms with Crippen LogP contribution in [0.3, 0.4) is 0 Å². The Morgan fingerprint density at radius 2 is 1.81 bits per heavy atom. The van der Waals surface area contributed by atoms with Gasteiger partial charge in [0.15, 0.2) is 0 Å². The molecule has 0 heterocycles. The zero-order valence-electron chi connectivity index (χ0n) is 16.0. The number of nitrogens with one attached hydrogen (secondary N) is 1. The molecule has 1 atom stereocenters. The van der Waals surface area contributed by atoms with Crippen LogP contribution in [0.5, 0.6) is 0 Å². The summed E-state index contributed by atoms with van der Waals surface area (Å²) >= 11 is 0. The van der Waals surface area contributed by atoms with Crippen molar-refractivity contribution >= 4 is 17.8 Å². The first-order valence-corrected chi connectivity index (χ1v) is 8.45. The molecule has 7 heteroatoms. The Morgan fingerprint density at radius 1 is 1.23 bits per heavy atom. The monoisotopic (exact) mass is 364 g/mol. The molecule has 0 aliphatic carbocycles. The van der Waals surface area contributed by atoms with E-state index in [4.69, 9.17) is 9.84 Å². The second-order valence-electron chi connectivity index (χ2n) is 7.06. The van der Waals surface area contributed by atoms with Gasteiger partial charge in [-0.3, -0.25) is 14.4 Å². The van der Waals surface area contributed by atoms with Gasteiger partial charge in [0.2, 0.25) is 5.91 Å². The van der Waals surface area contributed by atoms with Crippen molar-refractivity contribution in [2.24, 2.45) is 5.92 Å². The lowest BCUT2D eigenvalue weighted by Gasteiger charge is -2.28. The highest BCUT2D eigenvalue weighted by atomic mass is 16.5. The van der Waals surface area contributed by atoms with Gasteiger partial charge >= 0.3 is 5.97 Å². The fourth-order valence-electron chi connectivity index (χ4n) is 2.68. The molecule has 0 aliphatic heterocycles. The van der Waals surface area contributed by atoms with Gasteiger partial charge in [0.05, 0.1) is 18.6 Å². The standard InChI is InChI=1S/C19H28N2O5/c1-13(2)18(25)21(4)11-14-6-8-15(9-7-14)17(24)20-19(3,12-26-5)10-16(22)23/h6-9,13H,10-12H2,1-5H3,(H,20,24)(H,22,23). The predicted molar refractivity (Wildman–Crippen MR) is 97.8 cm³/mol. The molecular formula is C19H28N2O5. The molecule has 0 spiro atoms. The van der Waals surface area contributed by atoms with Gasteiger partial charge in [0.25, 0.3) is 5.91 Å². The van der Waals surface area contributed by atoms with Crippen molar-refractivity contribution in [2.45, 2.75) is 39.3 Å². The zero-order valence-corrected chi connectivity index (χ0v) is 16.0. The van der Waals surface area contributed by atoms with Gasteiger partial charge in [0, 0.05) is 32.2 Å². The highest BCUT2D eigenvalue weighted by Gasteiger charge is 2.30. The summed E-state index contributed by atoms with van der Waals surface area (Å²) in [6.45, 7) is 5.87. The van der Waals surface area contributed by atoms with Gasteiger partial charge in [0.1, 0.15) is 0 Å². The topological polar surface area (TPSA) is 95.9 Å². The van der Waals surface area contributed by atoms with Crippen LogP contribution in [-0.2, 0) is 20.9 Å². The molecule has 1 unspecified atom stereocenters. The summed E-state index contributed by atoms with van der Waals surface area (Å²) in [7, 11) is 3.20. The number of aliphatic carboxylic acids is 1. The van der Waals surface area contributed by atoms with E-state index in [1.165, 1.54) is 7.11 Å². The number of hydrogen-bond donors (Lipinski definition) is 2. The lowest BCUT2D eigenvalue weighted by molar-refractivity contribution is -0.139. The molecule has 0 saturated heterocycles. The average molecular weight is 364 g/mol. The van der Waals surface area contributed by atoms with Crippen LogP contribution in [0.1, 0.15) is 43.1 Å². The van der Waals surface area contributed by atoms with Crippen molar-refractivity contribution in [2.75, 3.05) is 20.8 Å². The first-order valence-electron chi connectivity index (χ1n) is 8.45. The van der Waals surface area contributed by atoms with Gasteiger partial charge in [-0.1, -0.05) is 26.0 Å². The summed E-state index contributed by atoms with van der Waals surface area (Å²) in [5.74, 6) is -1.41. The summed E-state index contributed by atoms with van der Waals surface area (Å²) in [5, 5.41) is 11.8. The lowest BCUT2D eigenvalue weighted by Crippen LogP contribution is -2.50. The molecule has 0 aromatic heterocycles. The number of carboxylic acids is 1. The number of benzene rings is 1. The number of carboxylic acid groups (broad SMARTS) is 1. The largest absolute Gasteiger partial charge is 0.481 e. The Hall–Kier alpha value is -2.41. The number of hydrogen-bond acceptors (Lipinski definition) is 4. The van der Waals surface area contributed by atoms with Gasteiger partial charge < -0.3 is 20.1 Å². The Morgan fingerprint density at radius 3 is 2.27 bits per heavy atom. The molecule has 1 rings (SSSR count). The van der Waals surface area contributed by atoms with Crippen molar-refractivity contribution < 1.29 is 24.2 Å². The smallest absolute Gasteiger partial charge is 0.305 e. The fourth-order valence-corrected chi connectivity index (χ4v) is 2.68. The number of nitrogens with zero attached hydrogens (tertiary/aromatic N) is 1. The average Bonchev–Trinajstić information content (AvgIpc) is 2.53.